The van der Waals surface area contributed by atoms with Gasteiger partial charge in [-0.05, 0) is 24.4 Å². The lowest BCUT2D eigenvalue weighted by atomic mass is 9.91. The molecule has 0 aromatic carbocycles. The van der Waals surface area contributed by atoms with Gasteiger partial charge in [0.15, 0.2) is 0 Å². The highest BCUT2D eigenvalue weighted by Gasteiger charge is 2.28. The summed E-state index contributed by atoms with van der Waals surface area (Å²) in [5.74, 6) is 0.430. The zero-order chi connectivity index (χ0) is 14.8. The SMILES string of the molecule is CS(=O)(=O)NC1CCCCC1Nc1nc(Cl)ncc1Cl. The number of hydrogen-bond acceptors (Lipinski definition) is 5. The van der Waals surface area contributed by atoms with E-state index < -0.39 is 10.0 Å². The van der Waals surface area contributed by atoms with Gasteiger partial charge in [-0.3, -0.25) is 0 Å². The van der Waals surface area contributed by atoms with Crippen molar-refractivity contribution < 1.29 is 8.42 Å². The first-order chi connectivity index (χ1) is 9.35. The molecule has 1 heterocycles. The summed E-state index contributed by atoms with van der Waals surface area (Å²) in [4.78, 5) is 7.81. The number of aromatic nitrogens is 2. The molecule has 2 unspecified atom stereocenters. The summed E-state index contributed by atoms with van der Waals surface area (Å²) in [6.45, 7) is 0. The van der Waals surface area contributed by atoms with Crippen LogP contribution in [-0.4, -0.2) is 36.7 Å². The first kappa shape index (κ1) is 15.8. The second kappa shape index (κ2) is 6.43. The minimum Gasteiger partial charge on any atom is -0.364 e. The summed E-state index contributed by atoms with van der Waals surface area (Å²) >= 11 is 11.8. The Hall–Kier alpha value is -0.630. The van der Waals surface area contributed by atoms with Gasteiger partial charge in [0.05, 0.1) is 12.5 Å². The second-order valence-electron chi connectivity index (χ2n) is 4.87. The molecular weight excluding hydrogens is 323 g/mol. The predicted molar refractivity (Wildman–Crippen MR) is 79.7 cm³/mol. The molecule has 2 atom stereocenters. The fourth-order valence-corrected chi connectivity index (χ4v) is 3.45. The third kappa shape index (κ3) is 4.44. The van der Waals surface area contributed by atoms with Gasteiger partial charge in [0.2, 0.25) is 15.3 Å². The number of nitrogens with one attached hydrogen (secondary N) is 2. The third-order valence-electron chi connectivity index (χ3n) is 3.17. The van der Waals surface area contributed by atoms with Crippen molar-refractivity contribution in [3.63, 3.8) is 0 Å². The molecule has 9 heteroatoms. The minimum absolute atomic E-state index is 0.0676. The largest absolute Gasteiger partial charge is 0.364 e. The molecule has 112 valence electrons. The Morgan fingerprint density at radius 3 is 2.55 bits per heavy atom. The molecule has 0 saturated heterocycles. The van der Waals surface area contributed by atoms with Crippen molar-refractivity contribution in [1.29, 1.82) is 0 Å². The molecule has 0 radical (unpaired) electrons. The van der Waals surface area contributed by atoms with Crippen LogP contribution in [0, 0.1) is 0 Å². The number of rotatable bonds is 4. The van der Waals surface area contributed by atoms with Crippen LogP contribution in [0.5, 0.6) is 0 Å². The molecule has 0 amide bonds. The summed E-state index contributed by atoms with van der Waals surface area (Å²) < 4.78 is 25.5. The fraction of sp³-hybridized carbons (Fsp3) is 0.636. The predicted octanol–water partition coefficient (Wildman–Crippen LogP) is 2.06. The number of hydrogen-bond donors (Lipinski definition) is 2. The molecule has 0 bridgehead atoms. The van der Waals surface area contributed by atoms with Crippen molar-refractivity contribution in [1.82, 2.24) is 14.7 Å². The van der Waals surface area contributed by atoms with Crippen molar-refractivity contribution in [3.8, 4) is 0 Å². The Morgan fingerprint density at radius 1 is 1.25 bits per heavy atom. The Bertz CT molecular complexity index is 582. The van der Waals surface area contributed by atoms with Gasteiger partial charge in [-0.2, -0.15) is 4.98 Å². The maximum Gasteiger partial charge on any atom is 0.224 e. The topological polar surface area (TPSA) is 84.0 Å². The van der Waals surface area contributed by atoms with E-state index in [1.807, 2.05) is 0 Å². The summed E-state index contributed by atoms with van der Waals surface area (Å²) in [6, 6.07) is -0.245. The molecule has 1 saturated carbocycles. The van der Waals surface area contributed by atoms with E-state index in [0.717, 1.165) is 31.9 Å². The Kier molecular flexibility index (Phi) is 5.06. The van der Waals surface area contributed by atoms with Crippen LogP contribution in [0.4, 0.5) is 5.82 Å². The Labute approximate surface area is 128 Å². The number of nitrogens with zero attached hydrogens (tertiary/aromatic N) is 2. The molecule has 1 fully saturated rings. The summed E-state index contributed by atoms with van der Waals surface area (Å²) in [5, 5.41) is 3.63. The lowest BCUT2D eigenvalue weighted by molar-refractivity contribution is 0.379. The van der Waals surface area contributed by atoms with Gasteiger partial charge in [0.1, 0.15) is 10.8 Å². The number of anilines is 1. The molecule has 2 rings (SSSR count). The quantitative estimate of drug-likeness (QED) is 0.821. The maximum atomic E-state index is 11.4. The molecule has 0 aliphatic heterocycles. The van der Waals surface area contributed by atoms with Crippen molar-refractivity contribution in [2.45, 2.75) is 37.8 Å². The average molecular weight is 339 g/mol. The van der Waals surface area contributed by atoms with Gasteiger partial charge in [-0.1, -0.05) is 24.4 Å². The normalized spacial score (nSPS) is 23.6. The lowest BCUT2D eigenvalue weighted by Crippen LogP contribution is -2.48. The van der Waals surface area contributed by atoms with Gasteiger partial charge in [-0.15, -0.1) is 0 Å². The van der Waals surface area contributed by atoms with E-state index in [1.165, 1.54) is 6.20 Å². The maximum absolute atomic E-state index is 11.4. The monoisotopic (exact) mass is 338 g/mol. The van der Waals surface area contributed by atoms with Crippen LogP contribution < -0.4 is 10.0 Å². The van der Waals surface area contributed by atoms with Gasteiger partial charge >= 0.3 is 0 Å². The van der Waals surface area contributed by atoms with Crippen LogP contribution in [0.2, 0.25) is 10.3 Å². The lowest BCUT2D eigenvalue weighted by Gasteiger charge is -2.32. The second-order valence-corrected chi connectivity index (χ2v) is 7.39. The zero-order valence-corrected chi connectivity index (χ0v) is 13.3. The molecule has 1 aliphatic rings. The van der Waals surface area contributed by atoms with Gasteiger partial charge < -0.3 is 5.32 Å². The average Bonchev–Trinajstić information content (AvgIpc) is 2.34. The van der Waals surface area contributed by atoms with Gasteiger partial charge in [0.25, 0.3) is 0 Å². The first-order valence-corrected chi connectivity index (χ1v) is 8.92. The summed E-state index contributed by atoms with van der Waals surface area (Å²) in [5.41, 5.74) is 0. The van der Waals surface area contributed by atoms with Crippen LogP contribution >= 0.6 is 23.2 Å². The van der Waals surface area contributed by atoms with E-state index >= 15 is 0 Å². The molecule has 6 nitrogen and oxygen atoms in total. The zero-order valence-electron chi connectivity index (χ0n) is 10.9. The number of halogens is 2. The highest BCUT2D eigenvalue weighted by Crippen LogP contribution is 2.26. The molecule has 1 aliphatic carbocycles. The van der Waals surface area contributed by atoms with E-state index in [9.17, 15) is 8.42 Å². The number of sulfonamides is 1. The van der Waals surface area contributed by atoms with Crippen LogP contribution in [0.3, 0.4) is 0 Å². The van der Waals surface area contributed by atoms with Gasteiger partial charge in [0, 0.05) is 12.1 Å². The standard InChI is InChI=1S/C11H16Cl2N4O2S/c1-20(18,19)17-9-5-3-2-4-8(9)15-10-7(12)6-14-11(13)16-10/h6,8-9,17H,2-5H2,1H3,(H,14,15,16). The highest BCUT2D eigenvalue weighted by atomic mass is 35.5. The van der Waals surface area contributed by atoms with E-state index in [-0.39, 0.29) is 17.4 Å². The molecule has 0 spiro atoms. The van der Waals surface area contributed by atoms with E-state index in [1.54, 1.807) is 0 Å². The summed E-state index contributed by atoms with van der Waals surface area (Å²) in [6.07, 6.45) is 6.21. The van der Waals surface area contributed by atoms with Crippen LogP contribution in [-0.2, 0) is 10.0 Å². The molecule has 20 heavy (non-hydrogen) atoms. The van der Waals surface area contributed by atoms with Crippen LogP contribution in [0.25, 0.3) is 0 Å². The molecule has 1 aromatic heterocycles. The van der Waals surface area contributed by atoms with E-state index in [4.69, 9.17) is 23.2 Å². The fourth-order valence-electron chi connectivity index (χ4n) is 2.34. The van der Waals surface area contributed by atoms with E-state index in [0.29, 0.717) is 10.8 Å². The van der Waals surface area contributed by atoms with Crippen molar-refractivity contribution in [3.05, 3.63) is 16.5 Å². The minimum atomic E-state index is -3.25. The highest BCUT2D eigenvalue weighted by molar-refractivity contribution is 7.88. The first-order valence-electron chi connectivity index (χ1n) is 6.27. The smallest absolute Gasteiger partial charge is 0.224 e. The van der Waals surface area contributed by atoms with Gasteiger partial charge in [-0.25, -0.2) is 18.1 Å². The molecule has 1 aromatic rings. The Morgan fingerprint density at radius 2 is 1.90 bits per heavy atom. The van der Waals surface area contributed by atoms with Crippen LogP contribution in [0.1, 0.15) is 25.7 Å². The third-order valence-corrected chi connectivity index (χ3v) is 4.36. The van der Waals surface area contributed by atoms with Crippen LogP contribution in [0.15, 0.2) is 6.20 Å². The van der Waals surface area contributed by atoms with E-state index in [2.05, 4.69) is 20.0 Å². The molecular formula is C11H16Cl2N4O2S. The summed E-state index contributed by atoms with van der Waals surface area (Å²) in [7, 11) is -3.25. The Balaban J connectivity index is 2.14. The molecule has 2 N–H and O–H groups in total. The van der Waals surface area contributed by atoms with Crippen molar-refractivity contribution in [2.24, 2.45) is 0 Å². The van der Waals surface area contributed by atoms with Crippen molar-refractivity contribution >= 4 is 39.0 Å². The van der Waals surface area contributed by atoms with Crippen molar-refractivity contribution in [2.75, 3.05) is 11.6 Å².